The van der Waals surface area contributed by atoms with E-state index < -0.39 is 0 Å². The second-order valence-electron chi connectivity index (χ2n) is 4.12. The van der Waals surface area contributed by atoms with E-state index in [1.807, 2.05) is 6.08 Å². The van der Waals surface area contributed by atoms with Crippen LogP contribution in [0.25, 0.3) is 6.08 Å². The molecule has 1 aliphatic rings. The maximum atomic E-state index is 10.3. The molecule has 0 N–H and O–H groups in total. The van der Waals surface area contributed by atoms with E-state index in [-0.39, 0.29) is 0 Å². The molecule has 92 valence electrons. The summed E-state index contributed by atoms with van der Waals surface area (Å²) in [7, 11) is 1.75. The number of methoxy groups -OCH3 is 1. The Hall–Kier alpha value is -1.13. The zero-order chi connectivity index (χ0) is 12.1. The summed E-state index contributed by atoms with van der Waals surface area (Å²) in [6.07, 6.45) is 6.62. The zero-order valence-corrected chi connectivity index (χ0v) is 10.8. The SMILES string of the molecule is COC[C@@H]1CCCN1c1ccc(/C=C/C=O)s1. The Bertz CT molecular complexity index is 400. The van der Waals surface area contributed by atoms with Crippen LogP contribution in [-0.4, -0.2) is 32.6 Å². The zero-order valence-electron chi connectivity index (χ0n) is 9.96. The molecule has 1 saturated heterocycles. The first-order valence-corrected chi connectivity index (χ1v) is 6.64. The standard InChI is InChI=1S/C13H17NO2S/c1-16-10-11-4-2-8-14(11)13-7-6-12(17-13)5-3-9-15/h3,5-7,9,11H,2,4,8,10H2,1H3/b5-3+/t11-/m0/s1. The summed E-state index contributed by atoms with van der Waals surface area (Å²) < 4.78 is 5.25. The number of nitrogens with zero attached hydrogens (tertiary/aromatic N) is 1. The van der Waals surface area contributed by atoms with Crippen molar-refractivity contribution in [1.82, 2.24) is 0 Å². The van der Waals surface area contributed by atoms with Crippen molar-refractivity contribution in [1.29, 1.82) is 0 Å². The van der Waals surface area contributed by atoms with Crippen LogP contribution in [0.1, 0.15) is 17.7 Å². The lowest BCUT2D eigenvalue weighted by atomic mass is 10.2. The minimum atomic E-state index is 0.501. The number of hydrogen-bond donors (Lipinski definition) is 0. The lowest BCUT2D eigenvalue weighted by Crippen LogP contribution is -2.31. The van der Waals surface area contributed by atoms with Crippen molar-refractivity contribution in [2.24, 2.45) is 0 Å². The van der Waals surface area contributed by atoms with Gasteiger partial charge in [-0.15, -0.1) is 11.3 Å². The predicted molar refractivity (Wildman–Crippen MR) is 71.7 cm³/mol. The Morgan fingerprint density at radius 3 is 3.24 bits per heavy atom. The van der Waals surface area contributed by atoms with E-state index in [1.165, 1.54) is 23.9 Å². The molecule has 1 aromatic heterocycles. The normalized spacial score (nSPS) is 20.3. The van der Waals surface area contributed by atoms with E-state index in [9.17, 15) is 4.79 Å². The number of anilines is 1. The van der Waals surface area contributed by atoms with Crippen molar-refractivity contribution in [3.63, 3.8) is 0 Å². The lowest BCUT2D eigenvalue weighted by molar-refractivity contribution is -0.104. The molecule has 0 saturated carbocycles. The number of hydrogen-bond acceptors (Lipinski definition) is 4. The predicted octanol–water partition coefficient (Wildman–Crippen LogP) is 2.58. The molecule has 1 aromatic rings. The summed E-state index contributed by atoms with van der Waals surface area (Å²) >= 11 is 1.72. The van der Waals surface area contributed by atoms with Crippen LogP contribution in [0.2, 0.25) is 0 Å². The molecule has 0 radical (unpaired) electrons. The fraction of sp³-hybridized carbons (Fsp3) is 0.462. The van der Waals surface area contributed by atoms with Crippen LogP contribution in [0, 0.1) is 0 Å². The second-order valence-corrected chi connectivity index (χ2v) is 5.21. The van der Waals surface area contributed by atoms with Gasteiger partial charge in [0.2, 0.25) is 0 Å². The Labute approximate surface area is 106 Å². The van der Waals surface area contributed by atoms with Crippen molar-refractivity contribution in [2.75, 3.05) is 25.2 Å². The Kier molecular flexibility index (Phi) is 4.34. The Balaban J connectivity index is 2.08. The van der Waals surface area contributed by atoms with Crippen molar-refractivity contribution in [3.05, 3.63) is 23.1 Å². The van der Waals surface area contributed by atoms with Crippen LogP contribution in [0.4, 0.5) is 5.00 Å². The summed E-state index contributed by atoms with van der Waals surface area (Å²) in [5.74, 6) is 0. The van der Waals surface area contributed by atoms with Crippen LogP contribution in [-0.2, 0) is 9.53 Å². The van der Waals surface area contributed by atoms with Gasteiger partial charge in [-0.2, -0.15) is 0 Å². The minimum absolute atomic E-state index is 0.501. The molecule has 1 aliphatic heterocycles. The largest absolute Gasteiger partial charge is 0.383 e. The van der Waals surface area contributed by atoms with Crippen LogP contribution < -0.4 is 4.90 Å². The summed E-state index contributed by atoms with van der Waals surface area (Å²) in [5, 5.41) is 1.27. The second kappa shape index (κ2) is 5.98. The third-order valence-electron chi connectivity index (χ3n) is 2.97. The minimum Gasteiger partial charge on any atom is -0.383 e. The maximum Gasteiger partial charge on any atom is 0.142 e. The van der Waals surface area contributed by atoms with E-state index in [0.29, 0.717) is 6.04 Å². The molecule has 2 heterocycles. The smallest absolute Gasteiger partial charge is 0.142 e. The van der Waals surface area contributed by atoms with Gasteiger partial charge in [-0.3, -0.25) is 4.79 Å². The summed E-state index contributed by atoms with van der Waals surface area (Å²) in [6, 6.07) is 4.69. The van der Waals surface area contributed by atoms with Gasteiger partial charge in [-0.05, 0) is 37.1 Å². The first kappa shape index (κ1) is 12.3. The topological polar surface area (TPSA) is 29.5 Å². The number of aldehydes is 1. The first-order chi connectivity index (χ1) is 8.35. The molecule has 3 nitrogen and oxygen atoms in total. The molecule has 0 amide bonds. The highest BCUT2D eigenvalue weighted by molar-refractivity contribution is 7.16. The molecule has 0 aliphatic carbocycles. The lowest BCUT2D eigenvalue weighted by Gasteiger charge is -2.24. The Morgan fingerprint density at radius 2 is 2.47 bits per heavy atom. The van der Waals surface area contributed by atoms with E-state index in [4.69, 9.17) is 4.74 Å². The maximum absolute atomic E-state index is 10.3. The highest BCUT2D eigenvalue weighted by atomic mass is 32.1. The summed E-state index contributed by atoms with van der Waals surface area (Å²) in [4.78, 5) is 13.8. The van der Waals surface area contributed by atoms with Crippen LogP contribution in [0.3, 0.4) is 0 Å². The van der Waals surface area contributed by atoms with Gasteiger partial charge in [0.25, 0.3) is 0 Å². The summed E-state index contributed by atoms with van der Waals surface area (Å²) in [5.41, 5.74) is 0. The third-order valence-corrected chi connectivity index (χ3v) is 4.06. The van der Waals surface area contributed by atoms with E-state index in [2.05, 4.69) is 17.0 Å². The van der Waals surface area contributed by atoms with Gasteiger partial charge in [0.15, 0.2) is 0 Å². The first-order valence-electron chi connectivity index (χ1n) is 5.82. The number of allylic oxidation sites excluding steroid dienone is 1. The molecule has 0 unspecified atom stereocenters. The van der Waals surface area contributed by atoms with Crippen LogP contribution in [0.15, 0.2) is 18.2 Å². The number of rotatable bonds is 5. The molecular formula is C13H17NO2S. The fourth-order valence-corrected chi connectivity index (χ4v) is 3.23. The third kappa shape index (κ3) is 2.96. The van der Waals surface area contributed by atoms with E-state index in [1.54, 1.807) is 18.4 Å². The number of thiophene rings is 1. The van der Waals surface area contributed by atoms with E-state index >= 15 is 0 Å². The van der Waals surface area contributed by atoms with Crippen molar-refractivity contribution in [3.8, 4) is 0 Å². The van der Waals surface area contributed by atoms with Gasteiger partial charge < -0.3 is 9.64 Å². The molecule has 0 bridgehead atoms. The number of ether oxygens (including phenoxy) is 1. The highest BCUT2D eigenvalue weighted by Gasteiger charge is 2.25. The van der Waals surface area contributed by atoms with E-state index in [0.717, 1.165) is 24.3 Å². The monoisotopic (exact) mass is 251 g/mol. The molecule has 17 heavy (non-hydrogen) atoms. The van der Waals surface area contributed by atoms with Crippen molar-refractivity contribution < 1.29 is 9.53 Å². The van der Waals surface area contributed by atoms with Crippen molar-refractivity contribution >= 4 is 28.7 Å². The van der Waals surface area contributed by atoms with Crippen molar-refractivity contribution in [2.45, 2.75) is 18.9 Å². The van der Waals surface area contributed by atoms with Gasteiger partial charge in [0.1, 0.15) is 6.29 Å². The summed E-state index contributed by atoms with van der Waals surface area (Å²) in [6.45, 7) is 1.89. The highest BCUT2D eigenvalue weighted by Crippen LogP contribution is 2.32. The molecule has 0 spiro atoms. The van der Waals surface area contributed by atoms with Crippen LogP contribution >= 0.6 is 11.3 Å². The van der Waals surface area contributed by atoms with Gasteiger partial charge in [0, 0.05) is 18.5 Å². The molecule has 2 rings (SSSR count). The van der Waals surface area contributed by atoms with Gasteiger partial charge >= 0.3 is 0 Å². The molecule has 0 aromatic carbocycles. The van der Waals surface area contributed by atoms with Gasteiger partial charge in [-0.25, -0.2) is 0 Å². The van der Waals surface area contributed by atoms with Crippen LogP contribution in [0.5, 0.6) is 0 Å². The average Bonchev–Trinajstić information content (AvgIpc) is 2.95. The fourth-order valence-electron chi connectivity index (χ4n) is 2.21. The van der Waals surface area contributed by atoms with Gasteiger partial charge in [0.05, 0.1) is 17.6 Å². The molecule has 1 fully saturated rings. The van der Waals surface area contributed by atoms with Gasteiger partial charge in [-0.1, -0.05) is 0 Å². The number of carbonyl (C=O) groups excluding carboxylic acids is 1. The quantitative estimate of drug-likeness (QED) is 0.595. The Morgan fingerprint density at radius 1 is 1.59 bits per heavy atom. The number of carbonyl (C=O) groups is 1. The molecule has 1 atom stereocenters. The molecule has 4 heteroatoms. The average molecular weight is 251 g/mol. The molecular weight excluding hydrogens is 234 g/mol.